The number of hydrogen-bond acceptors (Lipinski definition) is 2. The van der Waals surface area contributed by atoms with Crippen molar-refractivity contribution in [1.82, 2.24) is 15.0 Å². The number of hydrogen-bond donors (Lipinski definition) is 1. The summed E-state index contributed by atoms with van der Waals surface area (Å²) >= 11 is 9.42. The van der Waals surface area contributed by atoms with Gasteiger partial charge in [0.1, 0.15) is 5.82 Å². The second-order valence-corrected chi connectivity index (χ2v) is 4.97. The zero-order valence-corrected chi connectivity index (χ0v) is 11.0. The van der Waals surface area contributed by atoms with Crippen molar-refractivity contribution in [1.29, 1.82) is 0 Å². The van der Waals surface area contributed by atoms with Crippen LogP contribution in [0, 0.1) is 0 Å². The van der Waals surface area contributed by atoms with Gasteiger partial charge in [-0.05, 0) is 30.3 Å². The first-order chi connectivity index (χ1) is 8.22. The lowest BCUT2D eigenvalue weighted by Gasteiger charge is -1.99. The lowest BCUT2D eigenvalue weighted by Crippen LogP contribution is -1.81. The number of fused-ring (bicyclic) bond motifs is 1. The summed E-state index contributed by atoms with van der Waals surface area (Å²) in [5.74, 6) is 0.766. The number of H-pyrrole nitrogens is 1. The number of halogens is 2. The van der Waals surface area contributed by atoms with E-state index in [-0.39, 0.29) is 0 Å². The molecule has 0 radical (unpaired) electrons. The summed E-state index contributed by atoms with van der Waals surface area (Å²) in [4.78, 5) is 11.8. The molecule has 3 rings (SSSR count). The van der Waals surface area contributed by atoms with Crippen LogP contribution in [0.25, 0.3) is 22.6 Å². The van der Waals surface area contributed by atoms with Gasteiger partial charge in [-0.1, -0.05) is 27.5 Å². The summed E-state index contributed by atoms with van der Waals surface area (Å²) in [5, 5.41) is 0.669. The molecule has 1 N–H and O–H groups in total. The molecule has 3 nitrogen and oxygen atoms in total. The maximum Gasteiger partial charge on any atom is 0.178 e. The number of imidazole rings is 1. The number of rotatable bonds is 1. The molecule has 0 aliphatic rings. The van der Waals surface area contributed by atoms with Gasteiger partial charge >= 0.3 is 0 Å². The molecule has 0 saturated carbocycles. The summed E-state index contributed by atoms with van der Waals surface area (Å²) in [6, 6.07) is 9.48. The van der Waals surface area contributed by atoms with Gasteiger partial charge in [0.15, 0.2) is 5.65 Å². The third-order valence-corrected chi connectivity index (χ3v) is 3.07. The molecule has 0 aliphatic heterocycles. The van der Waals surface area contributed by atoms with Crippen molar-refractivity contribution in [2.75, 3.05) is 0 Å². The Balaban J connectivity index is 2.20. The van der Waals surface area contributed by atoms with Crippen molar-refractivity contribution in [3.8, 4) is 11.4 Å². The Hall–Kier alpha value is -1.39. The van der Waals surface area contributed by atoms with Gasteiger partial charge < -0.3 is 4.98 Å². The van der Waals surface area contributed by atoms with Crippen LogP contribution in [0.1, 0.15) is 0 Å². The molecule has 3 aromatic rings. The minimum absolute atomic E-state index is 0.669. The van der Waals surface area contributed by atoms with Crippen molar-refractivity contribution in [2.24, 2.45) is 0 Å². The highest BCUT2D eigenvalue weighted by molar-refractivity contribution is 9.10. The Morgan fingerprint density at radius 3 is 2.88 bits per heavy atom. The Bertz CT molecular complexity index is 640. The van der Waals surface area contributed by atoms with Crippen LogP contribution in [0.2, 0.25) is 5.02 Å². The fourth-order valence-corrected chi connectivity index (χ4v) is 2.53. The van der Waals surface area contributed by atoms with Crippen LogP contribution in [-0.2, 0) is 0 Å². The highest BCUT2D eigenvalue weighted by atomic mass is 79.9. The first kappa shape index (κ1) is 10.7. The fraction of sp³-hybridized carbons (Fsp3) is 0. The van der Waals surface area contributed by atoms with Gasteiger partial charge in [0, 0.05) is 21.3 Å². The smallest absolute Gasteiger partial charge is 0.178 e. The molecule has 5 heteroatoms. The second kappa shape index (κ2) is 4.13. The second-order valence-electron chi connectivity index (χ2n) is 3.62. The van der Waals surface area contributed by atoms with Crippen LogP contribution in [-0.4, -0.2) is 15.0 Å². The van der Waals surface area contributed by atoms with Gasteiger partial charge in [0.05, 0.1) is 5.52 Å². The van der Waals surface area contributed by atoms with Crippen LogP contribution in [0.3, 0.4) is 0 Å². The average Bonchev–Trinajstić information content (AvgIpc) is 2.71. The van der Waals surface area contributed by atoms with Gasteiger partial charge in [-0.3, -0.25) is 0 Å². The monoisotopic (exact) mass is 307 g/mol. The molecular weight excluding hydrogens is 302 g/mol. The normalized spacial score (nSPS) is 10.9. The van der Waals surface area contributed by atoms with Crippen LogP contribution in [0.15, 0.2) is 41.0 Å². The van der Waals surface area contributed by atoms with E-state index in [9.17, 15) is 0 Å². The van der Waals surface area contributed by atoms with Crippen molar-refractivity contribution in [2.45, 2.75) is 0 Å². The minimum atomic E-state index is 0.669. The Morgan fingerprint density at radius 2 is 2.12 bits per heavy atom. The molecule has 0 saturated heterocycles. The van der Waals surface area contributed by atoms with E-state index in [1.54, 1.807) is 6.20 Å². The molecular formula is C12H7BrClN3. The fourth-order valence-electron chi connectivity index (χ4n) is 1.67. The molecule has 0 spiro atoms. The largest absolute Gasteiger partial charge is 0.337 e. The predicted molar refractivity (Wildman–Crippen MR) is 72.0 cm³/mol. The van der Waals surface area contributed by atoms with E-state index in [0.717, 1.165) is 21.4 Å². The number of nitrogens with zero attached hydrogens (tertiary/aromatic N) is 2. The van der Waals surface area contributed by atoms with Gasteiger partial charge in [-0.2, -0.15) is 0 Å². The zero-order valence-electron chi connectivity index (χ0n) is 8.61. The number of pyridine rings is 1. The van der Waals surface area contributed by atoms with Gasteiger partial charge in [-0.25, -0.2) is 9.97 Å². The summed E-state index contributed by atoms with van der Waals surface area (Å²) in [5.41, 5.74) is 2.56. The van der Waals surface area contributed by atoms with Gasteiger partial charge in [0.2, 0.25) is 0 Å². The van der Waals surface area contributed by atoms with E-state index in [4.69, 9.17) is 11.6 Å². The maximum atomic E-state index is 6.01. The molecule has 1 aromatic carbocycles. The molecule has 0 atom stereocenters. The van der Waals surface area contributed by atoms with Crippen LogP contribution >= 0.6 is 27.5 Å². The van der Waals surface area contributed by atoms with E-state index in [2.05, 4.69) is 30.9 Å². The lowest BCUT2D eigenvalue weighted by atomic mass is 10.2. The first-order valence-electron chi connectivity index (χ1n) is 4.99. The van der Waals surface area contributed by atoms with Crippen molar-refractivity contribution < 1.29 is 0 Å². The van der Waals surface area contributed by atoms with Crippen molar-refractivity contribution in [3.05, 3.63) is 46.0 Å². The Morgan fingerprint density at radius 1 is 1.24 bits per heavy atom. The van der Waals surface area contributed by atoms with Gasteiger partial charge in [-0.15, -0.1) is 0 Å². The summed E-state index contributed by atoms with van der Waals surface area (Å²) in [7, 11) is 0. The minimum Gasteiger partial charge on any atom is -0.337 e. The molecule has 0 unspecified atom stereocenters. The van der Waals surface area contributed by atoms with E-state index in [1.165, 1.54) is 0 Å². The van der Waals surface area contributed by atoms with Crippen molar-refractivity contribution >= 4 is 38.7 Å². The standard InChI is InChI=1S/C12H7BrClN3/c13-8-4-7(5-9(14)6-8)11-16-10-2-1-3-15-12(10)17-11/h1-6H,(H,15,16,17). The Kier molecular flexibility index (Phi) is 2.61. The highest BCUT2D eigenvalue weighted by Crippen LogP contribution is 2.26. The first-order valence-corrected chi connectivity index (χ1v) is 6.17. The summed E-state index contributed by atoms with van der Waals surface area (Å²) in [6.07, 6.45) is 1.72. The molecule has 84 valence electrons. The average molecular weight is 309 g/mol. The van der Waals surface area contributed by atoms with Crippen LogP contribution in [0.4, 0.5) is 0 Å². The van der Waals surface area contributed by atoms with E-state index >= 15 is 0 Å². The summed E-state index contributed by atoms with van der Waals surface area (Å²) < 4.78 is 0.924. The predicted octanol–water partition coefficient (Wildman–Crippen LogP) is 4.04. The van der Waals surface area contributed by atoms with E-state index in [1.807, 2.05) is 30.3 Å². The Labute approximate surface area is 111 Å². The molecule has 0 aliphatic carbocycles. The zero-order chi connectivity index (χ0) is 11.8. The van der Waals surface area contributed by atoms with Gasteiger partial charge in [0.25, 0.3) is 0 Å². The van der Waals surface area contributed by atoms with E-state index < -0.39 is 0 Å². The third kappa shape index (κ3) is 2.06. The molecule has 17 heavy (non-hydrogen) atoms. The molecule has 2 aromatic heterocycles. The number of aromatic nitrogens is 3. The molecule has 0 bridgehead atoms. The van der Waals surface area contributed by atoms with Crippen molar-refractivity contribution in [3.63, 3.8) is 0 Å². The lowest BCUT2D eigenvalue weighted by molar-refractivity contribution is 1.30. The third-order valence-electron chi connectivity index (χ3n) is 2.39. The molecule has 0 fully saturated rings. The highest BCUT2D eigenvalue weighted by Gasteiger charge is 2.07. The van der Waals surface area contributed by atoms with Crippen LogP contribution < -0.4 is 0 Å². The SMILES string of the molecule is Clc1cc(Br)cc(-c2nc3ncccc3[nH]2)c1. The summed E-state index contributed by atoms with van der Waals surface area (Å²) in [6.45, 7) is 0. The number of benzene rings is 1. The quantitative estimate of drug-likeness (QED) is 0.737. The number of aromatic amines is 1. The molecule has 2 heterocycles. The topological polar surface area (TPSA) is 41.6 Å². The molecule has 0 amide bonds. The van der Waals surface area contributed by atoms with Crippen LogP contribution in [0.5, 0.6) is 0 Å². The number of nitrogens with one attached hydrogen (secondary N) is 1. The maximum absolute atomic E-state index is 6.01. The van der Waals surface area contributed by atoms with E-state index in [0.29, 0.717) is 10.7 Å².